The highest BCUT2D eigenvalue weighted by molar-refractivity contribution is 5.67. The lowest BCUT2D eigenvalue weighted by molar-refractivity contribution is -0.142. The number of aromatic nitrogens is 2. The van der Waals surface area contributed by atoms with Gasteiger partial charge in [0.15, 0.2) is 0 Å². The Morgan fingerprint density at radius 2 is 1.68 bits per heavy atom. The molecule has 0 bridgehead atoms. The van der Waals surface area contributed by atoms with Crippen LogP contribution in [0.4, 0.5) is 0 Å². The fraction of sp³-hybridized carbons (Fsp3) is 0.111. The minimum Gasteiger partial charge on any atom is -0.461 e. The zero-order chi connectivity index (χ0) is 15.4. The van der Waals surface area contributed by atoms with E-state index in [-0.39, 0.29) is 12.6 Å². The monoisotopic (exact) mass is 292 g/mol. The molecule has 1 heterocycles. The van der Waals surface area contributed by atoms with Crippen molar-refractivity contribution in [3.8, 4) is 16.9 Å². The van der Waals surface area contributed by atoms with E-state index >= 15 is 0 Å². The van der Waals surface area contributed by atoms with Gasteiger partial charge in [0.2, 0.25) is 0 Å². The minimum absolute atomic E-state index is 0.215. The molecule has 3 aromatic rings. The molecular weight excluding hydrogens is 276 g/mol. The fourth-order valence-electron chi connectivity index (χ4n) is 2.25. The Morgan fingerprint density at radius 3 is 2.32 bits per heavy atom. The van der Waals surface area contributed by atoms with Crippen molar-refractivity contribution < 1.29 is 9.53 Å². The maximum Gasteiger partial charge on any atom is 0.302 e. The van der Waals surface area contributed by atoms with Crippen LogP contribution in [0.3, 0.4) is 0 Å². The summed E-state index contributed by atoms with van der Waals surface area (Å²) in [6, 6.07) is 19.7. The van der Waals surface area contributed by atoms with Gasteiger partial charge in [0.1, 0.15) is 6.61 Å². The van der Waals surface area contributed by atoms with Crippen LogP contribution in [-0.4, -0.2) is 15.7 Å². The van der Waals surface area contributed by atoms with Crippen molar-refractivity contribution in [2.24, 2.45) is 0 Å². The minimum atomic E-state index is -0.300. The van der Waals surface area contributed by atoms with Crippen LogP contribution in [0, 0.1) is 0 Å². The van der Waals surface area contributed by atoms with E-state index < -0.39 is 0 Å². The molecule has 0 aliphatic rings. The van der Waals surface area contributed by atoms with Gasteiger partial charge in [0, 0.05) is 24.2 Å². The smallest absolute Gasteiger partial charge is 0.302 e. The summed E-state index contributed by atoms with van der Waals surface area (Å²) in [7, 11) is 0. The van der Waals surface area contributed by atoms with Gasteiger partial charge in [-0.1, -0.05) is 48.5 Å². The first-order valence-electron chi connectivity index (χ1n) is 7.07. The summed E-state index contributed by atoms with van der Waals surface area (Å²) >= 11 is 0. The predicted octanol–water partition coefficient (Wildman–Crippen LogP) is 3.60. The Balaban J connectivity index is 2.03. The van der Waals surface area contributed by atoms with Gasteiger partial charge in [-0.05, 0) is 12.1 Å². The quantitative estimate of drug-likeness (QED) is 0.690. The van der Waals surface area contributed by atoms with E-state index in [4.69, 9.17) is 4.74 Å². The van der Waals surface area contributed by atoms with Gasteiger partial charge in [-0.2, -0.15) is 5.10 Å². The first-order chi connectivity index (χ1) is 10.7. The molecule has 4 nitrogen and oxygen atoms in total. The molecule has 3 rings (SSSR count). The average molecular weight is 292 g/mol. The van der Waals surface area contributed by atoms with Gasteiger partial charge in [0.05, 0.1) is 11.4 Å². The summed E-state index contributed by atoms with van der Waals surface area (Å²) in [5, 5.41) is 4.65. The third kappa shape index (κ3) is 3.06. The average Bonchev–Trinajstić information content (AvgIpc) is 2.99. The Hall–Kier alpha value is -2.88. The maximum absolute atomic E-state index is 11.1. The number of rotatable bonds is 4. The molecular formula is C18H16N2O2. The second kappa shape index (κ2) is 6.26. The summed E-state index contributed by atoms with van der Waals surface area (Å²) in [5.74, 6) is -0.300. The second-order valence-electron chi connectivity index (χ2n) is 4.93. The topological polar surface area (TPSA) is 44.1 Å². The first-order valence-corrected chi connectivity index (χ1v) is 7.07. The third-order valence-corrected chi connectivity index (χ3v) is 3.29. The molecule has 0 amide bonds. The van der Waals surface area contributed by atoms with Crippen molar-refractivity contribution in [1.82, 2.24) is 9.78 Å². The lowest BCUT2D eigenvalue weighted by Gasteiger charge is -2.02. The number of ether oxygens (including phenoxy) is 1. The Labute approximate surface area is 129 Å². The van der Waals surface area contributed by atoms with E-state index in [1.54, 1.807) is 4.68 Å². The van der Waals surface area contributed by atoms with Crippen LogP contribution in [0.5, 0.6) is 0 Å². The van der Waals surface area contributed by atoms with E-state index in [0.29, 0.717) is 0 Å². The predicted molar refractivity (Wildman–Crippen MR) is 84.5 cm³/mol. The molecule has 0 radical (unpaired) electrons. The van der Waals surface area contributed by atoms with Crippen molar-refractivity contribution in [3.63, 3.8) is 0 Å². The molecule has 0 saturated carbocycles. The van der Waals surface area contributed by atoms with Gasteiger partial charge in [-0.25, -0.2) is 4.68 Å². The lowest BCUT2D eigenvalue weighted by Crippen LogP contribution is -1.99. The molecule has 1 aromatic heterocycles. The second-order valence-corrected chi connectivity index (χ2v) is 4.93. The highest BCUT2D eigenvalue weighted by atomic mass is 16.5. The Kier molecular flexibility index (Phi) is 4.01. The van der Waals surface area contributed by atoms with Gasteiger partial charge in [-0.3, -0.25) is 4.79 Å². The number of hydrogen-bond acceptors (Lipinski definition) is 3. The van der Waals surface area contributed by atoms with Crippen molar-refractivity contribution in [1.29, 1.82) is 0 Å². The zero-order valence-corrected chi connectivity index (χ0v) is 12.3. The molecule has 0 unspecified atom stereocenters. The van der Waals surface area contributed by atoms with Crippen LogP contribution < -0.4 is 0 Å². The zero-order valence-electron chi connectivity index (χ0n) is 12.3. The molecule has 4 heteroatoms. The lowest BCUT2D eigenvalue weighted by atomic mass is 10.1. The Morgan fingerprint density at radius 1 is 1.05 bits per heavy atom. The standard InChI is InChI=1S/C18H16N2O2/c1-14(21)22-13-16-12-20(17-10-6-3-7-11-17)19-18(16)15-8-4-2-5-9-15/h2-12H,13H2,1H3. The van der Waals surface area contributed by atoms with Gasteiger partial charge in [0.25, 0.3) is 0 Å². The molecule has 0 atom stereocenters. The molecule has 0 aliphatic carbocycles. The normalized spacial score (nSPS) is 10.4. The van der Waals surface area contributed by atoms with Crippen molar-refractivity contribution in [3.05, 3.63) is 72.4 Å². The van der Waals surface area contributed by atoms with Crippen LogP contribution in [0.25, 0.3) is 16.9 Å². The van der Waals surface area contributed by atoms with Crippen LogP contribution in [0.15, 0.2) is 66.9 Å². The van der Waals surface area contributed by atoms with E-state index in [2.05, 4.69) is 5.10 Å². The van der Waals surface area contributed by atoms with Gasteiger partial charge >= 0.3 is 5.97 Å². The summed E-state index contributed by atoms with van der Waals surface area (Å²) in [6.07, 6.45) is 1.90. The molecule has 0 aliphatic heterocycles. The molecule has 110 valence electrons. The van der Waals surface area contributed by atoms with E-state index in [9.17, 15) is 4.79 Å². The molecule has 0 saturated heterocycles. The van der Waals surface area contributed by atoms with Crippen LogP contribution in [0.2, 0.25) is 0 Å². The summed E-state index contributed by atoms with van der Waals surface area (Å²) in [5.41, 5.74) is 3.67. The van der Waals surface area contributed by atoms with Crippen LogP contribution in [0.1, 0.15) is 12.5 Å². The van der Waals surface area contributed by atoms with Crippen molar-refractivity contribution in [2.45, 2.75) is 13.5 Å². The summed E-state index contributed by atoms with van der Waals surface area (Å²) < 4.78 is 6.95. The molecule has 22 heavy (non-hydrogen) atoms. The fourth-order valence-corrected chi connectivity index (χ4v) is 2.25. The van der Waals surface area contributed by atoms with Crippen LogP contribution >= 0.6 is 0 Å². The Bertz CT molecular complexity index is 764. The summed E-state index contributed by atoms with van der Waals surface area (Å²) in [4.78, 5) is 11.1. The number of benzene rings is 2. The summed E-state index contributed by atoms with van der Waals surface area (Å²) in [6.45, 7) is 1.62. The van der Waals surface area contributed by atoms with E-state index in [1.165, 1.54) is 6.92 Å². The molecule has 0 fully saturated rings. The number of carbonyl (C=O) groups excluding carboxylic acids is 1. The number of carbonyl (C=O) groups is 1. The molecule has 2 aromatic carbocycles. The third-order valence-electron chi connectivity index (χ3n) is 3.29. The van der Waals surface area contributed by atoms with E-state index in [1.807, 2.05) is 66.9 Å². The largest absolute Gasteiger partial charge is 0.461 e. The number of hydrogen-bond donors (Lipinski definition) is 0. The molecule has 0 N–H and O–H groups in total. The highest BCUT2D eigenvalue weighted by Gasteiger charge is 2.13. The highest BCUT2D eigenvalue weighted by Crippen LogP contribution is 2.24. The van der Waals surface area contributed by atoms with Gasteiger partial charge in [-0.15, -0.1) is 0 Å². The van der Waals surface area contributed by atoms with Crippen molar-refractivity contribution >= 4 is 5.97 Å². The first kappa shape index (κ1) is 14.1. The van der Waals surface area contributed by atoms with Crippen molar-refractivity contribution in [2.75, 3.05) is 0 Å². The number of nitrogens with zero attached hydrogens (tertiary/aromatic N) is 2. The number of esters is 1. The van der Waals surface area contributed by atoms with Crippen LogP contribution in [-0.2, 0) is 16.1 Å². The number of para-hydroxylation sites is 1. The maximum atomic E-state index is 11.1. The van der Waals surface area contributed by atoms with Gasteiger partial charge < -0.3 is 4.74 Å². The molecule has 0 spiro atoms. The van der Waals surface area contributed by atoms with E-state index in [0.717, 1.165) is 22.5 Å². The SMILES string of the molecule is CC(=O)OCc1cn(-c2ccccc2)nc1-c1ccccc1.